The van der Waals surface area contributed by atoms with Crippen molar-refractivity contribution in [2.45, 2.75) is 71.9 Å². The Morgan fingerprint density at radius 2 is 1.00 bits per heavy atom. The quantitative estimate of drug-likeness (QED) is 0.0547. The molecule has 14 heteroatoms. The second-order valence-corrected chi connectivity index (χ2v) is 16.2. The summed E-state index contributed by atoms with van der Waals surface area (Å²) in [5.41, 5.74) is 5.19. The van der Waals surface area contributed by atoms with E-state index in [0.717, 1.165) is 19.3 Å². The predicted octanol–water partition coefficient (Wildman–Crippen LogP) is 4.81. The van der Waals surface area contributed by atoms with Crippen LogP contribution in [0, 0.1) is 0 Å². The molecule has 0 atom stereocenters. The van der Waals surface area contributed by atoms with Crippen molar-refractivity contribution in [1.82, 2.24) is 11.0 Å². The molecule has 0 aliphatic carbocycles. The molecule has 264 valence electrons. The predicted molar refractivity (Wildman–Crippen MR) is 186 cm³/mol. The second-order valence-electron chi connectivity index (χ2n) is 11.7. The molecule has 0 radical (unpaired) electrons. The number of fused-ring (bicyclic) bond motifs is 2. The average molecular weight is 809 g/mol. The molecule has 4 rings (SSSR count). The average Bonchev–Trinajstić information content (AvgIpc) is 3.70. The number of hydroxylamine groups is 2. The molecule has 0 aliphatic heterocycles. The van der Waals surface area contributed by atoms with Crippen molar-refractivity contribution in [3.8, 4) is 23.0 Å². The Labute approximate surface area is 297 Å². The third-order valence-corrected chi connectivity index (χ3v) is 11.7. The Kier molecular flexibility index (Phi) is 14.3. The van der Waals surface area contributed by atoms with Crippen molar-refractivity contribution in [2.75, 3.05) is 27.4 Å². The van der Waals surface area contributed by atoms with Crippen LogP contribution in [0.3, 0.4) is 0 Å². The van der Waals surface area contributed by atoms with E-state index >= 15 is 0 Å². The van der Waals surface area contributed by atoms with Gasteiger partial charge in [0.1, 0.15) is 0 Å². The second kappa shape index (κ2) is 18.4. The minimum absolute atomic E-state index is 0.00130. The van der Waals surface area contributed by atoms with Crippen LogP contribution < -0.4 is 29.9 Å². The van der Waals surface area contributed by atoms with Gasteiger partial charge in [-0.1, -0.05) is 0 Å². The van der Waals surface area contributed by atoms with Gasteiger partial charge in [-0.05, 0) is 0 Å². The van der Waals surface area contributed by atoms with Crippen LogP contribution >= 0.6 is 0 Å². The van der Waals surface area contributed by atoms with Crippen molar-refractivity contribution in [3.05, 3.63) is 45.3 Å². The fourth-order valence-corrected chi connectivity index (χ4v) is 8.85. The molecule has 0 bridgehead atoms. The summed E-state index contributed by atoms with van der Waals surface area (Å²) in [5.74, 6) is 1.21. The number of nitrogens with one attached hydrogen (secondary N) is 2. The Bertz CT molecular complexity index is 1650. The molecule has 2 N–H and O–H groups in total. The SMILES string of the molecule is COc1cc2[se]c(C(=O)CCC(=O)ONC(C)C)cc2cc1OCCCOc1cc2cc(C(=O)CCC(=O)ONC(C)C)[se]c2cc1OC. The van der Waals surface area contributed by atoms with E-state index in [9.17, 15) is 19.2 Å². The van der Waals surface area contributed by atoms with Gasteiger partial charge < -0.3 is 0 Å². The zero-order valence-electron chi connectivity index (χ0n) is 28.5. The molecule has 4 aromatic rings. The van der Waals surface area contributed by atoms with Crippen LogP contribution in [0.5, 0.6) is 23.0 Å². The van der Waals surface area contributed by atoms with Crippen LogP contribution in [0.1, 0.15) is 78.3 Å². The number of hydrogen-bond donors (Lipinski definition) is 2. The van der Waals surface area contributed by atoms with E-state index in [4.69, 9.17) is 28.6 Å². The standard InChI is InChI=1S/C35H42N2O10Se2/c1-20(2)36-46-34(40)10-8-24(38)32-16-22-14-28(26(42-5)18-30(22)48-32)44-12-7-13-45-29-15-23-17-33(49-31(23)19-27(29)43-6)25(39)9-11-35(41)47-37-21(3)4/h14-21,36-37H,7-13H2,1-6H3. The van der Waals surface area contributed by atoms with Gasteiger partial charge in [-0.15, -0.1) is 0 Å². The van der Waals surface area contributed by atoms with E-state index < -0.39 is 11.9 Å². The number of methoxy groups -OCH3 is 2. The number of ether oxygens (including phenoxy) is 4. The van der Waals surface area contributed by atoms with Gasteiger partial charge in [-0.2, -0.15) is 0 Å². The van der Waals surface area contributed by atoms with Crippen molar-refractivity contribution in [2.24, 2.45) is 0 Å². The first-order valence-corrected chi connectivity index (χ1v) is 19.4. The number of benzene rings is 2. The molecule has 0 unspecified atom stereocenters. The van der Waals surface area contributed by atoms with E-state index in [1.165, 1.54) is 0 Å². The molecule has 0 saturated heterocycles. The Morgan fingerprint density at radius 3 is 1.37 bits per heavy atom. The van der Waals surface area contributed by atoms with E-state index in [0.29, 0.717) is 51.5 Å². The van der Waals surface area contributed by atoms with Crippen molar-refractivity contribution < 1.29 is 47.8 Å². The van der Waals surface area contributed by atoms with E-state index in [1.807, 2.05) is 64.1 Å². The fourth-order valence-electron chi connectivity index (χ4n) is 4.48. The third-order valence-electron chi connectivity index (χ3n) is 6.89. The van der Waals surface area contributed by atoms with Crippen LogP contribution in [-0.4, -0.2) is 92.0 Å². The summed E-state index contributed by atoms with van der Waals surface area (Å²) in [6, 6.07) is 11.3. The molecular weight excluding hydrogens is 766 g/mol. The number of rotatable bonds is 20. The molecule has 0 aliphatic rings. The molecule has 0 fully saturated rings. The van der Waals surface area contributed by atoms with E-state index in [1.54, 1.807) is 14.2 Å². The van der Waals surface area contributed by atoms with Crippen molar-refractivity contribution in [3.63, 3.8) is 0 Å². The van der Waals surface area contributed by atoms with Gasteiger partial charge in [0.15, 0.2) is 0 Å². The zero-order valence-corrected chi connectivity index (χ0v) is 31.9. The van der Waals surface area contributed by atoms with Gasteiger partial charge in [0.25, 0.3) is 0 Å². The maximum atomic E-state index is 12.8. The minimum atomic E-state index is -0.465. The van der Waals surface area contributed by atoms with Crippen LogP contribution in [0.4, 0.5) is 0 Å². The normalized spacial score (nSPS) is 11.3. The van der Waals surface area contributed by atoms with E-state index in [-0.39, 0.29) is 78.3 Å². The third kappa shape index (κ3) is 11.2. The number of ketones is 2. The molecule has 2 aromatic carbocycles. The van der Waals surface area contributed by atoms with Crippen LogP contribution in [0.2, 0.25) is 0 Å². The first kappa shape index (κ1) is 38.2. The summed E-state index contributed by atoms with van der Waals surface area (Å²) in [6.07, 6.45) is 0.751. The van der Waals surface area contributed by atoms with Gasteiger partial charge in [0, 0.05) is 0 Å². The zero-order chi connectivity index (χ0) is 35.5. The number of carbonyl (C=O) groups excluding carboxylic acids is 4. The molecule has 0 spiro atoms. The Morgan fingerprint density at radius 1 is 0.592 bits per heavy atom. The molecule has 49 heavy (non-hydrogen) atoms. The van der Waals surface area contributed by atoms with Gasteiger partial charge in [0.05, 0.1) is 0 Å². The molecular formula is C35H42N2O10Se2. The number of carbonyl (C=O) groups is 4. The molecule has 0 amide bonds. The first-order chi connectivity index (χ1) is 23.5. The fraction of sp³-hybridized carbons (Fsp3) is 0.429. The summed E-state index contributed by atoms with van der Waals surface area (Å²) in [4.78, 5) is 59.3. The van der Waals surface area contributed by atoms with Gasteiger partial charge in [-0.25, -0.2) is 0 Å². The van der Waals surface area contributed by atoms with Crippen molar-refractivity contribution in [1.29, 1.82) is 0 Å². The number of Topliss-reactive ketones (excluding diaryl/α,β-unsaturated/α-hetero) is 2. The van der Waals surface area contributed by atoms with Crippen LogP contribution in [0.15, 0.2) is 36.4 Å². The molecule has 12 nitrogen and oxygen atoms in total. The van der Waals surface area contributed by atoms with Gasteiger partial charge >= 0.3 is 298 Å². The summed E-state index contributed by atoms with van der Waals surface area (Å²) in [5, 5.41) is 1.80. The van der Waals surface area contributed by atoms with Gasteiger partial charge in [-0.3, -0.25) is 0 Å². The van der Waals surface area contributed by atoms with Crippen LogP contribution in [-0.2, 0) is 19.3 Å². The summed E-state index contributed by atoms with van der Waals surface area (Å²) in [7, 11) is 3.15. The summed E-state index contributed by atoms with van der Waals surface area (Å²) in [6.45, 7) is 8.13. The van der Waals surface area contributed by atoms with Crippen LogP contribution in [0.25, 0.3) is 19.3 Å². The Hall–Kier alpha value is -3.64. The van der Waals surface area contributed by atoms with Crippen molar-refractivity contribution >= 4 is 71.8 Å². The Balaban J connectivity index is 1.30. The molecule has 2 aromatic heterocycles. The van der Waals surface area contributed by atoms with E-state index in [2.05, 4.69) is 11.0 Å². The molecule has 0 saturated carbocycles. The summed E-state index contributed by atoms with van der Waals surface area (Å²) >= 11 is -0.408. The topological polar surface area (TPSA) is 148 Å². The monoisotopic (exact) mass is 810 g/mol. The number of hydrogen-bond acceptors (Lipinski definition) is 12. The maximum absolute atomic E-state index is 12.8. The first-order valence-electron chi connectivity index (χ1n) is 15.9. The van der Waals surface area contributed by atoms with Gasteiger partial charge in [0.2, 0.25) is 0 Å². The molecule has 2 heterocycles. The summed E-state index contributed by atoms with van der Waals surface area (Å²) < 4.78 is 26.7.